The van der Waals surface area contributed by atoms with Gasteiger partial charge < -0.3 is 15.4 Å². The predicted octanol–water partition coefficient (Wildman–Crippen LogP) is 3.64. The van der Waals surface area contributed by atoms with E-state index in [2.05, 4.69) is 15.6 Å². The van der Waals surface area contributed by atoms with Crippen LogP contribution in [0.2, 0.25) is 0 Å². The van der Waals surface area contributed by atoms with Gasteiger partial charge in [0.2, 0.25) is 5.88 Å². The van der Waals surface area contributed by atoms with Crippen LogP contribution in [0.1, 0.15) is 36.1 Å². The fourth-order valence-corrected chi connectivity index (χ4v) is 3.48. The Bertz CT molecular complexity index is 635. The number of aromatic nitrogens is 1. The Balaban J connectivity index is 1.37. The maximum Gasteiger partial charge on any atom is 0.315 e. The highest BCUT2D eigenvalue weighted by molar-refractivity contribution is 7.09. The second-order valence-electron chi connectivity index (χ2n) is 6.17. The average Bonchev–Trinajstić information content (AvgIpc) is 3.10. The second kappa shape index (κ2) is 8.15. The molecule has 1 aliphatic carbocycles. The minimum absolute atomic E-state index is 0.0898. The summed E-state index contributed by atoms with van der Waals surface area (Å²) in [6.07, 6.45) is 5.75. The molecule has 2 aromatic heterocycles. The van der Waals surface area contributed by atoms with E-state index in [1.54, 1.807) is 11.3 Å². The lowest BCUT2D eigenvalue weighted by atomic mass is 9.93. The number of thiophene rings is 1. The number of hydrogen-bond acceptors (Lipinski definition) is 4. The largest absolute Gasteiger partial charge is 0.474 e. The van der Waals surface area contributed by atoms with Crippen LogP contribution >= 0.6 is 11.3 Å². The molecule has 2 aromatic rings. The summed E-state index contributed by atoms with van der Waals surface area (Å²) in [5.74, 6) is 0.686. The summed E-state index contributed by atoms with van der Waals surface area (Å²) in [6, 6.07) is 8.06. The number of pyridine rings is 1. The first-order valence-corrected chi connectivity index (χ1v) is 9.23. The molecule has 0 spiro atoms. The summed E-state index contributed by atoms with van der Waals surface area (Å²) in [5, 5.41) is 7.98. The third-order valence-corrected chi connectivity index (χ3v) is 5.06. The van der Waals surface area contributed by atoms with Gasteiger partial charge in [-0.05, 0) is 49.6 Å². The molecular weight excluding hydrogens is 322 g/mol. The third kappa shape index (κ3) is 4.96. The Labute approximate surface area is 146 Å². The summed E-state index contributed by atoms with van der Waals surface area (Å²) in [5.41, 5.74) is 1.13. The van der Waals surface area contributed by atoms with Gasteiger partial charge in [0.05, 0.1) is 6.54 Å². The Morgan fingerprint density at radius 1 is 1.29 bits per heavy atom. The number of ether oxygens (including phenoxy) is 1. The van der Waals surface area contributed by atoms with Crippen molar-refractivity contribution in [3.8, 4) is 5.88 Å². The van der Waals surface area contributed by atoms with Crippen LogP contribution in [0.3, 0.4) is 0 Å². The van der Waals surface area contributed by atoms with E-state index < -0.39 is 0 Å². The molecule has 1 aliphatic rings. The first-order valence-electron chi connectivity index (χ1n) is 8.35. The van der Waals surface area contributed by atoms with E-state index in [0.29, 0.717) is 12.4 Å². The van der Waals surface area contributed by atoms with Crippen LogP contribution in [0.5, 0.6) is 5.88 Å². The van der Waals surface area contributed by atoms with Crippen molar-refractivity contribution in [3.63, 3.8) is 0 Å². The summed E-state index contributed by atoms with van der Waals surface area (Å²) >= 11 is 1.65. The Morgan fingerprint density at radius 2 is 2.12 bits per heavy atom. The van der Waals surface area contributed by atoms with Gasteiger partial charge in [-0.25, -0.2) is 9.78 Å². The van der Waals surface area contributed by atoms with Gasteiger partial charge in [0.25, 0.3) is 0 Å². The maximum atomic E-state index is 12.0. The molecule has 0 aliphatic heterocycles. The molecule has 0 aromatic carbocycles. The molecule has 3 rings (SSSR count). The van der Waals surface area contributed by atoms with Gasteiger partial charge in [0, 0.05) is 23.2 Å². The lowest BCUT2D eigenvalue weighted by Gasteiger charge is -2.29. The van der Waals surface area contributed by atoms with Gasteiger partial charge in [-0.1, -0.05) is 12.1 Å². The fraction of sp³-hybridized carbons (Fsp3) is 0.444. The van der Waals surface area contributed by atoms with Crippen molar-refractivity contribution < 1.29 is 9.53 Å². The van der Waals surface area contributed by atoms with Crippen LogP contribution in [0.15, 0.2) is 35.8 Å². The lowest BCUT2D eigenvalue weighted by molar-refractivity contribution is 0.135. The number of nitrogens with one attached hydrogen (secondary N) is 2. The normalized spacial score (nSPS) is 20.4. The molecular formula is C18H23N3O2S. The first-order chi connectivity index (χ1) is 11.7. The first kappa shape index (κ1) is 16.8. The van der Waals surface area contributed by atoms with Crippen molar-refractivity contribution in [1.29, 1.82) is 0 Å². The molecule has 0 atom stereocenters. The van der Waals surface area contributed by atoms with Crippen LogP contribution in [0, 0.1) is 6.92 Å². The molecule has 0 saturated heterocycles. The van der Waals surface area contributed by atoms with Crippen molar-refractivity contribution in [2.75, 3.05) is 0 Å². The minimum atomic E-state index is -0.0898. The quantitative estimate of drug-likeness (QED) is 0.869. The van der Waals surface area contributed by atoms with Gasteiger partial charge in [-0.15, -0.1) is 11.3 Å². The number of rotatable bonds is 5. The number of hydrogen-bond donors (Lipinski definition) is 2. The van der Waals surface area contributed by atoms with Crippen LogP contribution in [0.4, 0.5) is 4.79 Å². The molecule has 24 heavy (non-hydrogen) atoms. The SMILES string of the molecule is Cc1ccc(OC2CCC(NC(=O)NCc3cccs3)CC2)nc1. The molecule has 1 fully saturated rings. The van der Waals surface area contributed by atoms with Gasteiger partial charge in [0.1, 0.15) is 6.10 Å². The zero-order chi connectivity index (χ0) is 16.8. The van der Waals surface area contributed by atoms with Crippen LogP contribution in [0.25, 0.3) is 0 Å². The Hall–Kier alpha value is -2.08. The monoisotopic (exact) mass is 345 g/mol. The van der Waals surface area contributed by atoms with E-state index in [1.165, 1.54) is 0 Å². The summed E-state index contributed by atoms with van der Waals surface area (Å²) < 4.78 is 5.92. The Morgan fingerprint density at radius 3 is 2.79 bits per heavy atom. The standard InChI is InChI=1S/C18H23N3O2S/c1-13-4-9-17(19-11-13)23-15-7-5-14(6-8-15)21-18(22)20-12-16-3-2-10-24-16/h2-4,9-11,14-15H,5-8,12H2,1H3,(H2,20,21,22). The van der Waals surface area contributed by atoms with Crippen LogP contribution in [-0.2, 0) is 6.54 Å². The van der Waals surface area contributed by atoms with E-state index in [1.807, 2.05) is 42.8 Å². The van der Waals surface area contributed by atoms with E-state index in [9.17, 15) is 4.79 Å². The van der Waals surface area contributed by atoms with Crippen LogP contribution < -0.4 is 15.4 Å². The van der Waals surface area contributed by atoms with E-state index in [-0.39, 0.29) is 18.2 Å². The number of nitrogens with zero attached hydrogens (tertiary/aromatic N) is 1. The van der Waals surface area contributed by atoms with Crippen molar-refractivity contribution in [2.45, 2.75) is 51.3 Å². The topological polar surface area (TPSA) is 63.2 Å². The maximum absolute atomic E-state index is 12.0. The highest BCUT2D eigenvalue weighted by Crippen LogP contribution is 2.23. The highest BCUT2D eigenvalue weighted by Gasteiger charge is 2.23. The van der Waals surface area contributed by atoms with Crippen molar-refractivity contribution in [3.05, 3.63) is 46.3 Å². The molecule has 2 N–H and O–H groups in total. The average molecular weight is 345 g/mol. The Kier molecular flexibility index (Phi) is 5.69. The molecule has 128 valence electrons. The molecule has 0 unspecified atom stereocenters. The number of urea groups is 1. The predicted molar refractivity (Wildman–Crippen MR) is 95.3 cm³/mol. The summed E-state index contributed by atoms with van der Waals surface area (Å²) in [4.78, 5) is 17.4. The highest BCUT2D eigenvalue weighted by atomic mass is 32.1. The van der Waals surface area contributed by atoms with Crippen LogP contribution in [-0.4, -0.2) is 23.2 Å². The number of amides is 2. The number of carbonyl (C=O) groups excluding carboxylic acids is 1. The third-order valence-electron chi connectivity index (χ3n) is 4.18. The molecule has 0 radical (unpaired) electrons. The zero-order valence-electron chi connectivity index (χ0n) is 13.8. The molecule has 2 amide bonds. The van der Waals surface area contributed by atoms with Gasteiger partial charge >= 0.3 is 6.03 Å². The number of aryl methyl sites for hydroxylation is 1. The second-order valence-corrected chi connectivity index (χ2v) is 7.20. The van der Waals surface area contributed by atoms with Gasteiger partial charge in [0.15, 0.2) is 0 Å². The van der Waals surface area contributed by atoms with Crippen molar-refractivity contribution in [1.82, 2.24) is 15.6 Å². The zero-order valence-corrected chi connectivity index (χ0v) is 14.6. The fourth-order valence-electron chi connectivity index (χ4n) is 2.84. The molecule has 2 heterocycles. The minimum Gasteiger partial charge on any atom is -0.474 e. The number of carbonyl (C=O) groups is 1. The van der Waals surface area contributed by atoms with Crippen molar-refractivity contribution >= 4 is 17.4 Å². The van der Waals surface area contributed by atoms with E-state index in [4.69, 9.17) is 4.74 Å². The van der Waals surface area contributed by atoms with Gasteiger partial charge in [-0.3, -0.25) is 0 Å². The van der Waals surface area contributed by atoms with E-state index >= 15 is 0 Å². The molecule has 1 saturated carbocycles. The lowest BCUT2D eigenvalue weighted by Crippen LogP contribution is -2.44. The summed E-state index contributed by atoms with van der Waals surface area (Å²) in [7, 11) is 0. The van der Waals surface area contributed by atoms with Gasteiger partial charge in [-0.2, -0.15) is 0 Å². The van der Waals surface area contributed by atoms with Crippen molar-refractivity contribution in [2.24, 2.45) is 0 Å². The summed E-state index contributed by atoms with van der Waals surface area (Å²) in [6.45, 7) is 2.60. The molecule has 5 nitrogen and oxygen atoms in total. The molecule has 0 bridgehead atoms. The smallest absolute Gasteiger partial charge is 0.315 e. The van der Waals surface area contributed by atoms with E-state index in [0.717, 1.165) is 36.1 Å². The molecule has 6 heteroatoms.